The van der Waals surface area contributed by atoms with Crippen LogP contribution in [0.15, 0.2) is 72.8 Å². The average Bonchev–Trinajstić information content (AvgIpc) is 2.71. The van der Waals surface area contributed by atoms with Crippen molar-refractivity contribution in [1.82, 2.24) is 0 Å². The molecule has 3 rings (SSSR count). The summed E-state index contributed by atoms with van der Waals surface area (Å²) in [5.74, 6) is 1.52. The van der Waals surface area contributed by atoms with Crippen LogP contribution in [0.1, 0.15) is 12.5 Å². The molecule has 0 aliphatic heterocycles. The van der Waals surface area contributed by atoms with E-state index >= 15 is 0 Å². The third kappa shape index (κ3) is 5.27. The van der Waals surface area contributed by atoms with Gasteiger partial charge in [0.2, 0.25) is 5.91 Å². The molecule has 0 fully saturated rings. The summed E-state index contributed by atoms with van der Waals surface area (Å²) in [5.41, 5.74) is 3.51. The minimum absolute atomic E-state index is 0.0624. The van der Waals surface area contributed by atoms with Crippen molar-refractivity contribution >= 4 is 23.0 Å². The van der Waals surface area contributed by atoms with Gasteiger partial charge in [0.1, 0.15) is 11.5 Å². The Labute approximate surface area is 165 Å². The molecule has 28 heavy (non-hydrogen) atoms. The van der Waals surface area contributed by atoms with Gasteiger partial charge >= 0.3 is 0 Å². The van der Waals surface area contributed by atoms with Crippen molar-refractivity contribution in [1.29, 1.82) is 0 Å². The summed E-state index contributed by atoms with van der Waals surface area (Å²) in [5, 5.41) is 6.26. The normalized spacial score (nSPS) is 10.2. The van der Waals surface area contributed by atoms with E-state index in [-0.39, 0.29) is 5.91 Å². The van der Waals surface area contributed by atoms with Gasteiger partial charge in [-0.05, 0) is 61.0 Å². The summed E-state index contributed by atoms with van der Waals surface area (Å²) in [6, 6.07) is 22.9. The summed E-state index contributed by atoms with van der Waals surface area (Å²) in [6.07, 6.45) is 0.311. The van der Waals surface area contributed by atoms with Crippen LogP contribution in [0.25, 0.3) is 0 Å². The number of para-hydroxylation sites is 2. The first-order valence-electron chi connectivity index (χ1n) is 9.19. The van der Waals surface area contributed by atoms with E-state index in [4.69, 9.17) is 9.47 Å². The third-order valence-corrected chi connectivity index (χ3v) is 4.16. The van der Waals surface area contributed by atoms with Crippen LogP contribution in [0, 0.1) is 0 Å². The molecule has 5 heteroatoms. The number of hydrogen-bond acceptors (Lipinski definition) is 4. The lowest BCUT2D eigenvalue weighted by Crippen LogP contribution is -2.14. The Morgan fingerprint density at radius 2 is 1.57 bits per heavy atom. The molecule has 0 heterocycles. The number of rotatable bonds is 8. The monoisotopic (exact) mass is 376 g/mol. The minimum atomic E-state index is -0.0624. The van der Waals surface area contributed by atoms with Gasteiger partial charge in [0, 0.05) is 11.4 Å². The average molecular weight is 376 g/mol. The predicted molar refractivity (Wildman–Crippen MR) is 113 cm³/mol. The van der Waals surface area contributed by atoms with E-state index in [1.165, 1.54) is 0 Å². The van der Waals surface area contributed by atoms with Gasteiger partial charge in [-0.15, -0.1) is 0 Å². The lowest BCUT2D eigenvalue weighted by Gasteiger charge is -2.13. The number of ether oxygens (including phenoxy) is 2. The highest BCUT2D eigenvalue weighted by atomic mass is 16.5. The maximum Gasteiger partial charge on any atom is 0.228 e. The first kappa shape index (κ1) is 19.3. The molecule has 0 aliphatic rings. The maximum atomic E-state index is 12.3. The molecular formula is C23H24N2O3. The Kier molecular flexibility index (Phi) is 6.52. The first-order chi connectivity index (χ1) is 13.7. The van der Waals surface area contributed by atoms with Crippen LogP contribution >= 0.6 is 0 Å². The van der Waals surface area contributed by atoms with Crippen molar-refractivity contribution < 1.29 is 14.3 Å². The summed E-state index contributed by atoms with van der Waals surface area (Å²) >= 11 is 0. The van der Waals surface area contributed by atoms with Crippen molar-refractivity contribution in [3.05, 3.63) is 78.4 Å². The van der Waals surface area contributed by atoms with Crippen molar-refractivity contribution in [2.24, 2.45) is 0 Å². The fraction of sp³-hybridized carbons (Fsp3) is 0.174. The highest BCUT2D eigenvalue weighted by Crippen LogP contribution is 2.28. The Morgan fingerprint density at radius 3 is 2.25 bits per heavy atom. The van der Waals surface area contributed by atoms with E-state index in [0.717, 1.165) is 34.1 Å². The van der Waals surface area contributed by atoms with Gasteiger partial charge in [-0.2, -0.15) is 0 Å². The van der Waals surface area contributed by atoms with Gasteiger partial charge < -0.3 is 20.1 Å². The number of carbonyl (C=O) groups excluding carboxylic acids is 1. The van der Waals surface area contributed by atoms with E-state index in [0.29, 0.717) is 13.0 Å². The topological polar surface area (TPSA) is 59.6 Å². The van der Waals surface area contributed by atoms with Crippen LogP contribution in [0.2, 0.25) is 0 Å². The second-order valence-corrected chi connectivity index (χ2v) is 6.20. The van der Waals surface area contributed by atoms with Gasteiger partial charge in [0.15, 0.2) is 0 Å². The number of anilines is 3. The van der Waals surface area contributed by atoms with E-state index in [1.807, 2.05) is 79.7 Å². The zero-order valence-corrected chi connectivity index (χ0v) is 16.1. The second kappa shape index (κ2) is 9.46. The summed E-state index contributed by atoms with van der Waals surface area (Å²) in [4.78, 5) is 12.3. The smallest absolute Gasteiger partial charge is 0.228 e. The van der Waals surface area contributed by atoms with Gasteiger partial charge in [-0.25, -0.2) is 0 Å². The number of hydrogen-bond donors (Lipinski definition) is 2. The molecule has 3 aromatic carbocycles. The molecule has 144 valence electrons. The molecule has 0 bridgehead atoms. The van der Waals surface area contributed by atoms with Crippen LogP contribution in [0.4, 0.5) is 17.1 Å². The summed E-state index contributed by atoms with van der Waals surface area (Å²) in [7, 11) is 1.62. The molecule has 3 aromatic rings. The molecule has 5 nitrogen and oxygen atoms in total. The first-order valence-corrected chi connectivity index (χ1v) is 9.19. The van der Waals surface area contributed by atoms with Crippen LogP contribution in [0.5, 0.6) is 11.5 Å². The number of methoxy groups -OCH3 is 1. The van der Waals surface area contributed by atoms with Crippen molar-refractivity contribution in [2.75, 3.05) is 24.4 Å². The highest BCUT2D eigenvalue weighted by Gasteiger charge is 2.06. The molecule has 0 atom stereocenters. The number of nitrogens with one attached hydrogen (secondary N) is 2. The third-order valence-electron chi connectivity index (χ3n) is 4.16. The van der Waals surface area contributed by atoms with E-state index < -0.39 is 0 Å². The molecule has 0 unspecified atom stereocenters. The summed E-state index contributed by atoms with van der Waals surface area (Å²) in [6.45, 7) is 2.57. The van der Waals surface area contributed by atoms with Crippen molar-refractivity contribution in [3.8, 4) is 11.5 Å². The molecule has 2 N–H and O–H groups in total. The molecule has 1 amide bonds. The predicted octanol–water partition coefficient (Wildman–Crippen LogP) is 5.02. The minimum Gasteiger partial charge on any atom is -0.497 e. The van der Waals surface area contributed by atoms with Gasteiger partial charge in [-0.1, -0.05) is 24.3 Å². The van der Waals surface area contributed by atoms with Crippen LogP contribution in [0.3, 0.4) is 0 Å². The molecule has 0 radical (unpaired) electrons. The fourth-order valence-corrected chi connectivity index (χ4v) is 2.78. The Morgan fingerprint density at radius 1 is 0.893 bits per heavy atom. The highest BCUT2D eigenvalue weighted by molar-refractivity contribution is 5.92. The van der Waals surface area contributed by atoms with Gasteiger partial charge in [0.05, 0.1) is 25.8 Å². The Hall–Kier alpha value is -3.47. The van der Waals surface area contributed by atoms with Crippen molar-refractivity contribution in [3.63, 3.8) is 0 Å². The zero-order valence-electron chi connectivity index (χ0n) is 16.1. The largest absolute Gasteiger partial charge is 0.497 e. The van der Waals surface area contributed by atoms with Crippen molar-refractivity contribution in [2.45, 2.75) is 13.3 Å². The summed E-state index contributed by atoms with van der Waals surface area (Å²) < 4.78 is 10.8. The molecular weight excluding hydrogens is 352 g/mol. The fourth-order valence-electron chi connectivity index (χ4n) is 2.78. The van der Waals surface area contributed by atoms with Crippen LogP contribution < -0.4 is 20.1 Å². The second-order valence-electron chi connectivity index (χ2n) is 6.20. The quantitative estimate of drug-likeness (QED) is 0.580. The molecule has 0 spiro atoms. The Bertz CT molecular complexity index is 906. The Balaban J connectivity index is 1.58. The number of carbonyl (C=O) groups is 1. The zero-order chi connectivity index (χ0) is 19.8. The van der Waals surface area contributed by atoms with E-state index in [2.05, 4.69) is 10.6 Å². The molecule has 0 saturated carbocycles. The lowest BCUT2D eigenvalue weighted by atomic mass is 10.1. The van der Waals surface area contributed by atoms with Gasteiger partial charge in [0.25, 0.3) is 0 Å². The SMILES string of the molecule is CCOc1ccccc1Nc1ccc(NC(=O)Cc2ccc(OC)cc2)cc1. The van der Waals surface area contributed by atoms with Crippen LogP contribution in [-0.2, 0) is 11.2 Å². The molecule has 0 aromatic heterocycles. The number of benzene rings is 3. The molecule has 0 saturated heterocycles. The van der Waals surface area contributed by atoms with E-state index in [9.17, 15) is 4.79 Å². The van der Waals surface area contributed by atoms with Crippen LogP contribution in [-0.4, -0.2) is 19.6 Å². The number of amides is 1. The van der Waals surface area contributed by atoms with Gasteiger partial charge in [-0.3, -0.25) is 4.79 Å². The lowest BCUT2D eigenvalue weighted by molar-refractivity contribution is -0.115. The molecule has 0 aliphatic carbocycles. The maximum absolute atomic E-state index is 12.3. The standard InChI is InChI=1S/C23H24N2O3/c1-3-28-22-7-5-4-6-21(22)24-18-10-12-19(13-11-18)25-23(26)16-17-8-14-20(27-2)15-9-17/h4-15,24H,3,16H2,1-2H3,(H,25,26). The van der Waals surface area contributed by atoms with E-state index in [1.54, 1.807) is 7.11 Å².